The second-order valence-electron chi connectivity index (χ2n) is 10.1. The van der Waals surface area contributed by atoms with E-state index in [0.717, 1.165) is 43.6 Å². The average molecular weight is 491 g/mol. The first-order chi connectivity index (χ1) is 17.4. The standard InChI is InChI=1S/C29H38N4O3/c1-4-24(22-10-6-5-7-11-22)28(35)33-18-16-31(17-19-33)26-13-12-23(30-27(34)21(2)3)20-25(26)29(36)32-14-8-9-15-32/h5-7,10-13,20-21,24H,4,8-9,14-19H2,1-3H3,(H,30,34)/t24-/m0/s1. The summed E-state index contributed by atoms with van der Waals surface area (Å²) in [5.41, 5.74) is 3.19. The Morgan fingerprint density at radius 3 is 2.14 bits per heavy atom. The van der Waals surface area contributed by atoms with Crippen LogP contribution in [0.2, 0.25) is 0 Å². The van der Waals surface area contributed by atoms with Crippen molar-refractivity contribution >= 4 is 29.1 Å². The maximum atomic E-state index is 13.5. The molecule has 0 saturated carbocycles. The molecule has 4 rings (SSSR count). The number of likely N-dealkylation sites (tertiary alicyclic amines) is 1. The number of nitrogens with zero attached hydrogens (tertiary/aromatic N) is 3. The van der Waals surface area contributed by atoms with Crippen molar-refractivity contribution in [1.82, 2.24) is 9.80 Å². The molecule has 0 radical (unpaired) electrons. The molecule has 1 atom stereocenters. The average Bonchev–Trinajstić information content (AvgIpc) is 3.44. The first-order valence-electron chi connectivity index (χ1n) is 13.2. The van der Waals surface area contributed by atoms with Crippen molar-refractivity contribution in [3.8, 4) is 0 Å². The lowest BCUT2D eigenvalue weighted by molar-refractivity contribution is -0.133. The smallest absolute Gasteiger partial charge is 0.256 e. The summed E-state index contributed by atoms with van der Waals surface area (Å²) >= 11 is 0. The minimum Gasteiger partial charge on any atom is -0.367 e. The van der Waals surface area contributed by atoms with E-state index in [2.05, 4.69) is 17.1 Å². The van der Waals surface area contributed by atoms with Crippen LogP contribution in [0, 0.1) is 5.92 Å². The van der Waals surface area contributed by atoms with Gasteiger partial charge in [0.1, 0.15) is 0 Å². The fourth-order valence-electron chi connectivity index (χ4n) is 5.06. The summed E-state index contributed by atoms with van der Waals surface area (Å²) in [4.78, 5) is 45.1. The SMILES string of the molecule is CC[C@H](C(=O)N1CCN(c2ccc(NC(=O)C(C)C)cc2C(=O)N2CCCC2)CC1)c1ccccc1. The monoisotopic (exact) mass is 490 g/mol. The highest BCUT2D eigenvalue weighted by atomic mass is 16.2. The van der Waals surface area contributed by atoms with Crippen LogP contribution in [0.1, 0.15) is 61.9 Å². The Morgan fingerprint density at radius 2 is 1.53 bits per heavy atom. The van der Waals surface area contributed by atoms with Gasteiger partial charge in [0.2, 0.25) is 11.8 Å². The normalized spacial score (nSPS) is 16.8. The van der Waals surface area contributed by atoms with E-state index < -0.39 is 0 Å². The van der Waals surface area contributed by atoms with Crippen molar-refractivity contribution in [3.63, 3.8) is 0 Å². The van der Waals surface area contributed by atoms with Gasteiger partial charge in [-0.25, -0.2) is 0 Å². The zero-order valence-corrected chi connectivity index (χ0v) is 21.7. The molecule has 192 valence electrons. The number of hydrogen-bond acceptors (Lipinski definition) is 4. The van der Waals surface area contributed by atoms with E-state index in [-0.39, 0.29) is 29.6 Å². The summed E-state index contributed by atoms with van der Waals surface area (Å²) in [6.07, 6.45) is 2.80. The Balaban J connectivity index is 1.51. The summed E-state index contributed by atoms with van der Waals surface area (Å²) in [7, 11) is 0. The van der Waals surface area contributed by atoms with E-state index in [0.29, 0.717) is 37.4 Å². The lowest BCUT2D eigenvalue weighted by atomic mass is 9.94. The van der Waals surface area contributed by atoms with Gasteiger partial charge in [-0.05, 0) is 43.0 Å². The maximum absolute atomic E-state index is 13.5. The second-order valence-corrected chi connectivity index (χ2v) is 10.1. The highest BCUT2D eigenvalue weighted by molar-refractivity contribution is 6.02. The van der Waals surface area contributed by atoms with E-state index in [1.54, 1.807) is 0 Å². The second kappa shape index (κ2) is 11.6. The fourth-order valence-corrected chi connectivity index (χ4v) is 5.06. The van der Waals surface area contributed by atoms with E-state index in [9.17, 15) is 14.4 Å². The highest BCUT2D eigenvalue weighted by Crippen LogP contribution is 2.29. The molecule has 2 fully saturated rings. The van der Waals surface area contributed by atoms with Gasteiger partial charge in [0.15, 0.2) is 0 Å². The molecule has 36 heavy (non-hydrogen) atoms. The summed E-state index contributed by atoms with van der Waals surface area (Å²) in [6.45, 7) is 9.84. The van der Waals surface area contributed by atoms with Gasteiger partial charge in [-0.3, -0.25) is 14.4 Å². The van der Waals surface area contributed by atoms with E-state index in [4.69, 9.17) is 0 Å². The van der Waals surface area contributed by atoms with Gasteiger partial charge in [0.25, 0.3) is 5.91 Å². The van der Waals surface area contributed by atoms with Gasteiger partial charge in [-0.15, -0.1) is 0 Å². The molecule has 2 aromatic carbocycles. The molecule has 2 saturated heterocycles. The first-order valence-corrected chi connectivity index (χ1v) is 13.2. The summed E-state index contributed by atoms with van der Waals surface area (Å²) < 4.78 is 0. The molecular weight excluding hydrogens is 452 g/mol. The van der Waals surface area contributed by atoms with Gasteiger partial charge in [-0.2, -0.15) is 0 Å². The summed E-state index contributed by atoms with van der Waals surface area (Å²) in [5.74, 6) is -0.164. The molecule has 2 aliphatic rings. The third-order valence-corrected chi connectivity index (χ3v) is 7.25. The predicted molar refractivity (Wildman–Crippen MR) is 143 cm³/mol. The largest absolute Gasteiger partial charge is 0.367 e. The number of piperazine rings is 1. The van der Waals surface area contributed by atoms with Gasteiger partial charge < -0.3 is 20.0 Å². The third kappa shape index (κ3) is 5.72. The number of carbonyl (C=O) groups is 3. The van der Waals surface area contributed by atoms with Crippen molar-refractivity contribution in [1.29, 1.82) is 0 Å². The Hall–Kier alpha value is -3.35. The Bertz CT molecular complexity index is 1070. The zero-order chi connectivity index (χ0) is 25.7. The van der Waals surface area contributed by atoms with Gasteiger partial charge in [0, 0.05) is 56.6 Å². The van der Waals surface area contributed by atoms with Crippen LogP contribution in [-0.2, 0) is 9.59 Å². The van der Waals surface area contributed by atoms with Gasteiger partial charge >= 0.3 is 0 Å². The van der Waals surface area contributed by atoms with Gasteiger partial charge in [0.05, 0.1) is 11.5 Å². The fraction of sp³-hybridized carbons (Fsp3) is 0.483. The highest BCUT2D eigenvalue weighted by Gasteiger charge is 2.30. The third-order valence-electron chi connectivity index (χ3n) is 7.25. The molecule has 0 spiro atoms. The van der Waals surface area contributed by atoms with E-state index >= 15 is 0 Å². The van der Waals surface area contributed by atoms with Crippen LogP contribution in [0.15, 0.2) is 48.5 Å². The summed E-state index contributed by atoms with van der Waals surface area (Å²) in [6, 6.07) is 15.6. The number of carbonyl (C=O) groups excluding carboxylic acids is 3. The van der Waals surface area contributed by atoms with Crippen LogP contribution >= 0.6 is 0 Å². The number of benzene rings is 2. The number of nitrogens with one attached hydrogen (secondary N) is 1. The molecule has 2 heterocycles. The predicted octanol–water partition coefficient (Wildman–Crippen LogP) is 4.36. The van der Waals surface area contributed by atoms with Crippen LogP contribution < -0.4 is 10.2 Å². The molecule has 2 aromatic rings. The summed E-state index contributed by atoms with van der Waals surface area (Å²) in [5, 5.41) is 2.93. The number of amides is 3. The van der Waals surface area contributed by atoms with Gasteiger partial charge in [-0.1, -0.05) is 51.1 Å². The minimum atomic E-state index is -0.143. The van der Waals surface area contributed by atoms with E-state index in [1.165, 1.54) is 0 Å². The molecular formula is C29H38N4O3. The topological polar surface area (TPSA) is 73.0 Å². The first kappa shape index (κ1) is 25.7. The Kier molecular flexibility index (Phi) is 8.28. The van der Waals surface area contributed by atoms with Crippen LogP contribution in [-0.4, -0.2) is 66.8 Å². The molecule has 7 heteroatoms. The minimum absolute atomic E-state index is 0.0109. The molecule has 0 aromatic heterocycles. The molecule has 0 unspecified atom stereocenters. The van der Waals surface area contributed by atoms with Crippen LogP contribution in [0.4, 0.5) is 11.4 Å². The van der Waals surface area contributed by atoms with Crippen molar-refractivity contribution in [3.05, 3.63) is 59.7 Å². The Labute approximate surface area is 214 Å². The molecule has 1 N–H and O–H groups in total. The number of hydrogen-bond donors (Lipinski definition) is 1. The molecule has 0 bridgehead atoms. The Morgan fingerprint density at radius 1 is 0.861 bits per heavy atom. The molecule has 0 aliphatic carbocycles. The van der Waals surface area contributed by atoms with Crippen LogP contribution in [0.25, 0.3) is 0 Å². The quantitative estimate of drug-likeness (QED) is 0.626. The molecule has 3 amide bonds. The molecule has 7 nitrogen and oxygen atoms in total. The zero-order valence-electron chi connectivity index (χ0n) is 21.7. The van der Waals surface area contributed by atoms with Crippen molar-refractivity contribution in [2.75, 3.05) is 49.5 Å². The number of anilines is 2. The number of rotatable bonds is 7. The van der Waals surface area contributed by atoms with Crippen LogP contribution in [0.5, 0.6) is 0 Å². The lowest BCUT2D eigenvalue weighted by Gasteiger charge is -2.38. The van der Waals surface area contributed by atoms with Crippen molar-refractivity contribution in [2.24, 2.45) is 5.92 Å². The molecule has 2 aliphatic heterocycles. The maximum Gasteiger partial charge on any atom is 0.256 e. The van der Waals surface area contributed by atoms with Crippen molar-refractivity contribution < 1.29 is 14.4 Å². The van der Waals surface area contributed by atoms with Crippen molar-refractivity contribution in [2.45, 2.75) is 46.0 Å². The van der Waals surface area contributed by atoms with Crippen LogP contribution in [0.3, 0.4) is 0 Å². The van der Waals surface area contributed by atoms with E-state index in [1.807, 2.05) is 72.2 Å². The lowest BCUT2D eigenvalue weighted by Crippen LogP contribution is -2.50.